The maximum atomic E-state index is 11.9. The second-order valence-electron chi connectivity index (χ2n) is 6.41. The summed E-state index contributed by atoms with van der Waals surface area (Å²) >= 11 is 0. The molecule has 1 aliphatic carbocycles. The third-order valence-corrected chi connectivity index (χ3v) is 3.97. The third kappa shape index (κ3) is 2.57. The molecule has 3 heteroatoms. The largest absolute Gasteiger partial charge is 0.353 e. The predicted molar refractivity (Wildman–Crippen MR) is 65.1 cm³/mol. The molecule has 2 N–H and O–H groups in total. The Morgan fingerprint density at radius 2 is 1.88 bits per heavy atom. The lowest BCUT2D eigenvalue weighted by atomic mass is 9.79. The van der Waals surface area contributed by atoms with Crippen molar-refractivity contribution in [2.75, 3.05) is 13.1 Å². The van der Waals surface area contributed by atoms with Crippen LogP contribution in [0.5, 0.6) is 0 Å². The van der Waals surface area contributed by atoms with Crippen LogP contribution in [0.1, 0.15) is 40.0 Å². The standard InChI is InChI=1S/C13H24N2O/c1-13(2,3)12(16)15-11-5-4-9-7-14-8-10(9)6-11/h9-11,14H,4-8H2,1-3H3,(H,15,16)/t9-,10+,11?/m0/s1. The lowest BCUT2D eigenvalue weighted by Crippen LogP contribution is -2.45. The van der Waals surface area contributed by atoms with Crippen molar-refractivity contribution in [2.24, 2.45) is 17.3 Å². The summed E-state index contributed by atoms with van der Waals surface area (Å²) in [6.07, 6.45) is 3.59. The number of rotatable bonds is 1. The molecule has 1 saturated carbocycles. The van der Waals surface area contributed by atoms with Gasteiger partial charge in [0.2, 0.25) is 5.91 Å². The van der Waals surface area contributed by atoms with Gasteiger partial charge in [-0.15, -0.1) is 0 Å². The minimum absolute atomic E-state index is 0.196. The van der Waals surface area contributed by atoms with Crippen LogP contribution in [-0.2, 0) is 4.79 Å². The maximum Gasteiger partial charge on any atom is 0.225 e. The summed E-state index contributed by atoms with van der Waals surface area (Å²) in [6.45, 7) is 8.26. The van der Waals surface area contributed by atoms with Crippen molar-refractivity contribution >= 4 is 5.91 Å². The van der Waals surface area contributed by atoms with Crippen molar-refractivity contribution in [3.8, 4) is 0 Å². The van der Waals surface area contributed by atoms with Gasteiger partial charge in [0, 0.05) is 11.5 Å². The fourth-order valence-corrected chi connectivity index (χ4v) is 2.83. The maximum absolute atomic E-state index is 11.9. The average molecular weight is 224 g/mol. The zero-order chi connectivity index (χ0) is 11.8. The Morgan fingerprint density at radius 3 is 2.56 bits per heavy atom. The fraction of sp³-hybridized carbons (Fsp3) is 0.923. The van der Waals surface area contributed by atoms with Crippen LogP contribution in [0.15, 0.2) is 0 Å². The van der Waals surface area contributed by atoms with Gasteiger partial charge >= 0.3 is 0 Å². The normalized spacial score (nSPS) is 34.6. The van der Waals surface area contributed by atoms with E-state index in [0.29, 0.717) is 6.04 Å². The van der Waals surface area contributed by atoms with Gasteiger partial charge in [-0.1, -0.05) is 20.8 Å². The van der Waals surface area contributed by atoms with E-state index in [1.807, 2.05) is 20.8 Å². The molecule has 1 aliphatic heterocycles. The van der Waals surface area contributed by atoms with Crippen LogP contribution in [0.3, 0.4) is 0 Å². The van der Waals surface area contributed by atoms with Crippen LogP contribution < -0.4 is 10.6 Å². The zero-order valence-electron chi connectivity index (χ0n) is 10.7. The summed E-state index contributed by atoms with van der Waals surface area (Å²) in [5.74, 6) is 1.85. The minimum Gasteiger partial charge on any atom is -0.353 e. The van der Waals surface area contributed by atoms with Gasteiger partial charge in [0.05, 0.1) is 0 Å². The number of carbonyl (C=O) groups is 1. The summed E-state index contributed by atoms with van der Waals surface area (Å²) in [7, 11) is 0. The van der Waals surface area contributed by atoms with Gasteiger partial charge < -0.3 is 10.6 Å². The summed E-state index contributed by atoms with van der Waals surface area (Å²) < 4.78 is 0. The molecule has 0 aromatic heterocycles. The van der Waals surface area contributed by atoms with Crippen LogP contribution in [-0.4, -0.2) is 25.0 Å². The highest BCUT2D eigenvalue weighted by Gasteiger charge is 2.35. The number of nitrogens with one attached hydrogen (secondary N) is 2. The van der Waals surface area contributed by atoms with E-state index >= 15 is 0 Å². The zero-order valence-corrected chi connectivity index (χ0v) is 10.7. The van der Waals surface area contributed by atoms with E-state index in [1.54, 1.807) is 0 Å². The molecule has 2 rings (SSSR count). The molecule has 0 spiro atoms. The van der Waals surface area contributed by atoms with Crippen molar-refractivity contribution in [1.82, 2.24) is 10.6 Å². The van der Waals surface area contributed by atoms with Crippen molar-refractivity contribution in [1.29, 1.82) is 0 Å². The van der Waals surface area contributed by atoms with Gasteiger partial charge in [0.1, 0.15) is 0 Å². The van der Waals surface area contributed by atoms with E-state index in [4.69, 9.17) is 0 Å². The fourth-order valence-electron chi connectivity index (χ4n) is 2.83. The predicted octanol–water partition coefficient (Wildman–Crippen LogP) is 1.54. The Bertz CT molecular complexity index is 270. The lowest BCUT2D eigenvalue weighted by molar-refractivity contribution is -0.129. The Labute approximate surface area is 98.4 Å². The Balaban J connectivity index is 1.85. The molecule has 0 aromatic carbocycles. The SMILES string of the molecule is CC(C)(C)C(=O)NC1CC[C@H]2CNC[C@H]2C1. The number of carbonyl (C=O) groups excluding carboxylic acids is 1. The second-order valence-corrected chi connectivity index (χ2v) is 6.41. The molecular formula is C13H24N2O. The van der Waals surface area contributed by atoms with E-state index in [9.17, 15) is 4.79 Å². The minimum atomic E-state index is -0.259. The number of amides is 1. The van der Waals surface area contributed by atoms with Gasteiger partial charge in [0.15, 0.2) is 0 Å². The van der Waals surface area contributed by atoms with Crippen molar-refractivity contribution in [3.63, 3.8) is 0 Å². The Hall–Kier alpha value is -0.570. The molecule has 2 aliphatic rings. The van der Waals surface area contributed by atoms with E-state index in [2.05, 4.69) is 10.6 Å². The lowest BCUT2D eigenvalue weighted by Gasteiger charge is -2.33. The molecule has 16 heavy (non-hydrogen) atoms. The van der Waals surface area contributed by atoms with Gasteiger partial charge in [-0.2, -0.15) is 0 Å². The highest BCUT2D eigenvalue weighted by atomic mass is 16.2. The van der Waals surface area contributed by atoms with Gasteiger partial charge in [-0.3, -0.25) is 4.79 Å². The third-order valence-electron chi connectivity index (χ3n) is 3.97. The molecule has 1 unspecified atom stereocenters. The first-order valence-electron chi connectivity index (χ1n) is 6.48. The molecule has 1 heterocycles. The Kier molecular flexibility index (Phi) is 3.24. The molecule has 2 fully saturated rings. The highest BCUT2D eigenvalue weighted by molar-refractivity contribution is 5.81. The van der Waals surface area contributed by atoms with E-state index in [1.165, 1.54) is 19.4 Å². The molecule has 92 valence electrons. The molecule has 3 atom stereocenters. The van der Waals surface area contributed by atoms with Crippen molar-refractivity contribution in [2.45, 2.75) is 46.1 Å². The molecule has 0 aromatic rings. The topological polar surface area (TPSA) is 41.1 Å². The number of fused-ring (bicyclic) bond motifs is 1. The highest BCUT2D eigenvalue weighted by Crippen LogP contribution is 2.32. The van der Waals surface area contributed by atoms with E-state index in [-0.39, 0.29) is 11.3 Å². The Morgan fingerprint density at radius 1 is 1.19 bits per heavy atom. The molecule has 1 amide bonds. The van der Waals surface area contributed by atoms with Crippen molar-refractivity contribution in [3.05, 3.63) is 0 Å². The first kappa shape index (κ1) is 11.9. The van der Waals surface area contributed by atoms with Gasteiger partial charge in [-0.05, 0) is 44.2 Å². The summed E-state index contributed by atoms with van der Waals surface area (Å²) in [5, 5.41) is 6.66. The number of hydrogen-bond donors (Lipinski definition) is 2. The smallest absolute Gasteiger partial charge is 0.225 e. The summed E-state index contributed by atoms with van der Waals surface area (Å²) in [6, 6.07) is 0.410. The first-order valence-corrected chi connectivity index (χ1v) is 6.48. The van der Waals surface area contributed by atoms with E-state index < -0.39 is 0 Å². The summed E-state index contributed by atoms with van der Waals surface area (Å²) in [4.78, 5) is 11.9. The molecular weight excluding hydrogens is 200 g/mol. The van der Waals surface area contributed by atoms with Crippen LogP contribution in [0.2, 0.25) is 0 Å². The second kappa shape index (κ2) is 4.36. The monoisotopic (exact) mass is 224 g/mol. The quantitative estimate of drug-likeness (QED) is 0.709. The van der Waals surface area contributed by atoms with Crippen LogP contribution in [0.25, 0.3) is 0 Å². The first-order chi connectivity index (χ1) is 7.47. The van der Waals surface area contributed by atoms with Crippen LogP contribution in [0, 0.1) is 17.3 Å². The average Bonchev–Trinajstić information content (AvgIpc) is 2.63. The van der Waals surface area contributed by atoms with E-state index in [0.717, 1.165) is 24.8 Å². The molecule has 1 saturated heterocycles. The molecule has 3 nitrogen and oxygen atoms in total. The van der Waals surface area contributed by atoms with Crippen LogP contribution in [0.4, 0.5) is 0 Å². The van der Waals surface area contributed by atoms with Gasteiger partial charge in [-0.25, -0.2) is 0 Å². The van der Waals surface area contributed by atoms with Gasteiger partial charge in [0.25, 0.3) is 0 Å². The molecule has 0 bridgehead atoms. The summed E-state index contributed by atoms with van der Waals surface area (Å²) in [5.41, 5.74) is -0.259. The van der Waals surface area contributed by atoms with Crippen LogP contribution >= 0.6 is 0 Å². The molecule has 0 radical (unpaired) electrons. The van der Waals surface area contributed by atoms with Crippen molar-refractivity contribution < 1.29 is 4.79 Å². The number of hydrogen-bond acceptors (Lipinski definition) is 2.